The van der Waals surface area contributed by atoms with Gasteiger partial charge in [0.15, 0.2) is 0 Å². The Labute approximate surface area is 144 Å². The van der Waals surface area contributed by atoms with Gasteiger partial charge in [-0.3, -0.25) is 9.59 Å². The van der Waals surface area contributed by atoms with E-state index in [4.69, 9.17) is 4.74 Å². The molecule has 0 atom stereocenters. The third-order valence-corrected chi connectivity index (χ3v) is 4.75. The molecule has 0 radical (unpaired) electrons. The number of aryl methyl sites for hydroxylation is 1. The van der Waals surface area contributed by atoms with Crippen LogP contribution < -0.4 is 10.1 Å². The van der Waals surface area contributed by atoms with Crippen molar-refractivity contribution in [2.45, 2.75) is 39.5 Å². The summed E-state index contributed by atoms with van der Waals surface area (Å²) < 4.78 is 5.34. The Hall–Kier alpha value is -2.04. The average molecular weight is 332 g/mol. The van der Waals surface area contributed by atoms with Crippen LogP contribution in [0.3, 0.4) is 0 Å². The molecule has 1 saturated heterocycles. The molecule has 5 nitrogen and oxygen atoms in total. The molecule has 2 rings (SSSR count). The molecule has 0 saturated carbocycles. The Balaban J connectivity index is 1.78. The van der Waals surface area contributed by atoms with Crippen molar-refractivity contribution in [1.82, 2.24) is 10.2 Å². The third kappa shape index (κ3) is 4.73. The van der Waals surface area contributed by atoms with E-state index < -0.39 is 0 Å². The molecule has 1 aliphatic rings. The van der Waals surface area contributed by atoms with Crippen LogP contribution in [0.25, 0.3) is 0 Å². The maximum absolute atomic E-state index is 12.3. The molecular weight excluding hydrogens is 304 g/mol. The number of rotatable bonds is 6. The lowest BCUT2D eigenvalue weighted by atomic mass is 9.96. The normalized spacial score (nSPS) is 15.2. The number of carbonyl (C=O) groups is 2. The fourth-order valence-electron chi connectivity index (χ4n) is 3.19. The minimum atomic E-state index is 0.0303. The van der Waals surface area contributed by atoms with Crippen LogP contribution in [-0.2, 0) is 22.4 Å². The highest BCUT2D eigenvalue weighted by Gasteiger charge is 2.25. The van der Waals surface area contributed by atoms with Gasteiger partial charge < -0.3 is 15.0 Å². The number of benzene rings is 1. The lowest BCUT2D eigenvalue weighted by Gasteiger charge is -2.30. The molecule has 0 bridgehead atoms. The van der Waals surface area contributed by atoms with Crippen LogP contribution in [0.1, 0.15) is 37.8 Å². The summed E-state index contributed by atoms with van der Waals surface area (Å²) in [4.78, 5) is 25.4. The van der Waals surface area contributed by atoms with Crippen molar-refractivity contribution in [2.24, 2.45) is 5.92 Å². The van der Waals surface area contributed by atoms with Crippen molar-refractivity contribution in [2.75, 3.05) is 26.7 Å². The zero-order chi connectivity index (χ0) is 17.5. The summed E-state index contributed by atoms with van der Waals surface area (Å²) in [6.07, 6.45) is 3.26. The van der Waals surface area contributed by atoms with Gasteiger partial charge >= 0.3 is 0 Å². The lowest BCUT2D eigenvalue weighted by molar-refractivity contribution is -0.133. The second-order valence-electron chi connectivity index (χ2n) is 6.32. The highest BCUT2D eigenvalue weighted by molar-refractivity contribution is 5.79. The van der Waals surface area contributed by atoms with Crippen molar-refractivity contribution >= 4 is 11.8 Å². The van der Waals surface area contributed by atoms with Gasteiger partial charge in [-0.25, -0.2) is 0 Å². The molecular formula is C19H28N2O3. The molecule has 0 spiro atoms. The van der Waals surface area contributed by atoms with Crippen LogP contribution in [0.2, 0.25) is 0 Å². The van der Waals surface area contributed by atoms with Crippen molar-refractivity contribution in [3.63, 3.8) is 0 Å². The van der Waals surface area contributed by atoms with Gasteiger partial charge in [-0.05, 0) is 42.9 Å². The molecule has 0 aromatic heterocycles. The average Bonchev–Trinajstić information content (AvgIpc) is 2.61. The number of likely N-dealkylation sites (tertiary alicyclic amines) is 1. The van der Waals surface area contributed by atoms with Crippen LogP contribution in [0.5, 0.6) is 5.75 Å². The lowest BCUT2D eigenvalue weighted by Crippen LogP contribution is -2.42. The first-order chi connectivity index (χ1) is 11.5. The Morgan fingerprint density at radius 3 is 2.58 bits per heavy atom. The van der Waals surface area contributed by atoms with Gasteiger partial charge in [-0.1, -0.05) is 19.1 Å². The summed E-state index contributed by atoms with van der Waals surface area (Å²) >= 11 is 0. The molecule has 5 heteroatoms. The van der Waals surface area contributed by atoms with Gasteiger partial charge in [0.1, 0.15) is 5.75 Å². The Morgan fingerprint density at radius 1 is 1.29 bits per heavy atom. The van der Waals surface area contributed by atoms with Crippen molar-refractivity contribution in [3.8, 4) is 5.75 Å². The number of methoxy groups -OCH3 is 1. The quantitative estimate of drug-likeness (QED) is 0.868. The van der Waals surface area contributed by atoms with E-state index in [0.717, 1.165) is 31.4 Å². The molecule has 1 aromatic rings. The first-order valence-electron chi connectivity index (χ1n) is 8.74. The Kier molecular flexibility index (Phi) is 6.64. The summed E-state index contributed by atoms with van der Waals surface area (Å²) in [6.45, 7) is 5.70. The number of amides is 2. The van der Waals surface area contributed by atoms with E-state index in [0.29, 0.717) is 19.6 Å². The van der Waals surface area contributed by atoms with E-state index in [9.17, 15) is 9.59 Å². The zero-order valence-electron chi connectivity index (χ0n) is 14.9. The maximum atomic E-state index is 12.3. The first kappa shape index (κ1) is 18.3. The van der Waals surface area contributed by atoms with Crippen LogP contribution in [0.4, 0.5) is 0 Å². The molecule has 0 unspecified atom stereocenters. The number of ether oxygens (including phenoxy) is 1. The smallest absolute Gasteiger partial charge is 0.223 e. The number of nitrogens with one attached hydrogen (secondary N) is 1. The predicted octanol–water partition coefficient (Wildman–Crippen LogP) is 2.17. The monoisotopic (exact) mass is 332 g/mol. The van der Waals surface area contributed by atoms with Crippen molar-refractivity contribution in [1.29, 1.82) is 0 Å². The molecule has 1 aliphatic heterocycles. The predicted molar refractivity (Wildman–Crippen MR) is 94.1 cm³/mol. The molecule has 24 heavy (non-hydrogen) atoms. The number of piperidine rings is 1. The minimum Gasteiger partial charge on any atom is -0.496 e. The summed E-state index contributed by atoms with van der Waals surface area (Å²) in [5, 5.41) is 3.04. The van der Waals surface area contributed by atoms with Gasteiger partial charge in [0.2, 0.25) is 11.8 Å². The van der Waals surface area contributed by atoms with E-state index in [1.807, 2.05) is 11.0 Å². The Morgan fingerprint density at radius 2 is 2.00 bits per heavy atom. The van der Waals surface area contributed by atoms with Gasteiger partial charge in [0.05, 0.1) is 7.11 Å². The fourth-order valence-corrected chi connectivity index (χ4v) is 3.19. The standard InChI is InChI=1S/C19H28N2O3/c1-4-16-13-15(5-6-18(16)24-3)7-10-20-19(23)17-8-11-21(12-9-17)14(2)22/h5-6,13,17H,4,7-12H2,1-3H3,(H,20,23). The maximum Gasteiger partial charge on any atom is 0.223 e. The Bertz CT molecular complexity index is 578. The summed E-state index contributed by atoms with van der Waals surface area (Å²) in [6, 6.07) is 6.19. The second kappa shape index (κ2) is 8.71. The minimum absolute atomic E-state index is 0.0303. The van der Waals surface area contributed by atoms with Crippen LogP contribution in [-0.4, -0.2) is 43.5 Å². The SMILES string of the molecule is CCc1cc(CCNC(=O)C2CCN(C(C)=O)CC2)ccc1OC. The molecule has 1 heterocycles. The zero-order valence-corrected chi connectivity index (χ0v) is 14.9. The first-order valence-corrected chi connectivity index (χ1v) is 8.74. The summed E-state index contributed by atoms with van der Waals surface area (Å²) in [5.41, 5.74) is 2.40. The molecule has 0 aliphatic carbocycles. The molecule has 1 fully saturated rings. The summed E-state index contributed by atoms with van der Waals surface area (Å²) in [5.74, 6) is 1.16. The number of hydrogen-bond donors (Lipinski definition) is 1. The molecule has 132 valence electrons. The largest absolute Gasteiger partial charge is 0.496 e. The summed E-state index contributed by atoms with van der Waals surface area (Å²) in [7, 11) is 1.69. The fraction of sp³-hybridized carbons (Fsp3) is 0.579. The topological polar surface area (TPSA) is 58.6 Å². The van der Waals surface area contributed by atoms with Crippen LogP contribution >= 0.6 is 0 Å². The van der Waals surface area contributed by atoms with Crippen molar-refractivity contribution in [3.05, 3.63) is 29.3 Å². The van der Waals surface area contributed by atoms with Gasteiger partial charge in [0.25, 0.3) is 0 Å². The number of carbonyl (C=O) groups excluding carboxylic acids is 2. The van der Waals surface area contributed by atoms with Gasteiger partial charge in [-0.15, -0.1) is 0 Å². The van der Waals surface area contributed by atoms with E-state index >= 15 is 0 Å². The van der Waals surface area contributed by atoms with Crippen molar-refractivity contribution < 1.29 is 14.3 Å². The molecule has 1 N–H and O–H groups in total. The second-order valence-corrected chi connectivity index (χ2v) is 6.32. The van der Waals surface area contributed by atoms with E-state index in [2.05, 4.69) is 24.4 Å². The van der Waals surface area contributed by atoms with Crippen LogP contribution in [0, 0.1) is 5.92 Å². The highest BCUT2D eigenvalue weighted by atomic mass is 16.5. The highest BCUT2D eigenvalue weighted by Crippen LogP contribution is 2.21. The van der Waals surface area contributed by atoms with E-state index in [1.54, 1.807) is 14.0 Å². The van der Waals surface area contributed by atoms with E-state index in [-0.39, 0.29) is 17.7 Å². The van der Waals surface area contributed by atoms with Gasteiger partial charge in [-0.2, -0.15) is 0 Å². The van der Waals surface area contributed by atoms with E-state index in [1.165, 1.54) is 11.1 Å². The molecule has 2 amide bonds. The van der Waals surface area contributed by atoms with Gasteiger partial charge in [0, 0.05) is 32.5 Å². The van der Waals surface area contributed by atoms with Crippen LogP contribution in [0.15, 0.2) is 18.2 Å². The number of hydrogen-bond acceptors (Lipinski definition) is 3. The molecule has 1 aromatic carbocycles. The third-order valence-electron chi connectivity index (χ3n) is 4.75. The number of nitrogens with zero attached hydrogens (tertiary/aromatic N) is 1.